The van der Waals surface area contributed by atoms with Crippen LogP contribution in [0.5, 0.6) is 0 Å². The topological polar surface area (TPSA) is 81.8 Å². The van der Waals surface area contributed by atoms with E-state index in [9.17, 15) is 14.4 Å². The van der Waals surface area contributed by atoms with Crippen LogP contribution in [-0.4, -0.2) is 54.8 Å². The maximum atomic E-state index is 12.2. The molecule has 2 N–H and O–H groups in total. The number of piperidine rings is 1. The van der Waals surface area contributed by atoms with Crippen molar-refractivity contribution in [1.29, 1.82) is 0 Å². The Labute approximate surface area is 149 Å². The quantitative estimate of drug-likeness (QED) is 0.744. The summed E-state index contributed by atoms with van der Waals surface area (Å²) in [5, 5.41) is 0. The van der Waals surface area contributed by atoms with Crippen LogP contribution in [0.1, 0.15) is 23.2 Å². The Hall–Kier alpha value is -2.09. The largest absolute Gasteiger partial charge is 0.331 e. The number of benzene rings is 1. The Morgan fingerprint density at radius 2 is 1.67 bits per heavy atom. The van der Waals surface area contributed by atoms with Gasteiger partial charge in [0.25, 0.3) is 5.91 Å². The van der Waals surface area contributed by atoms with Crippen LogP contribution in [0.2, 0.25) is 0 Å². The number of carbonyl (C=O) groups excluding carboxylic acids is 3. The van der Waals surface area contributed by atoms with Crippen LogP contribution in [0.15, 0.2) is 28.7 Å². The maximum Gasteiger partial charge on any atom is 0.319 e. The van der Waals surface area contributed by atoms with Gasteiger partial charge < -0.3 is 9.80 Å². The van der Waals surface area contributed by atoms with Crippen LogP contribution in [0.25, 0.3) is 0 Å². The fourth-order valence-electron chi connectivity index (χ4n) is 2.51. The van der Waals surface area contributed by atoms with Gasteiger partial charge in [-0.25, -0.2) is 4.79 Å². The Bertz CT molecular complexity index is 610. The van der Waals surface area contributed by atoms with Gasteiger partial charge in [-0.05, 0) is 37.1 Å². The molecule has 0 spiro atoms. The second-order valence-electron chi connectivity index (χ2n) is 5.89. The number of nitrogens with one attached hydrogen (secondary N) is 2. The second-order valence-corrected chi connectivity index (χ2v) is 6.80. The standard InChI is InChI=1S/C16H21BrN4O3/c1-20(2)16(24)21-9-7-12(8-10-21)15(23)19-18-14(22)11-3-5-13(17)6-4-11/h3-6,12H,7-10H2,1-2H3,(H,18,22)(H,19,23). The number of urea groups is 1. The number of hydrogen-bond acceptors (Lipinski definition) is 3. The van der Waals surface area contributed by atoms with Gasteiger partial charge in [0.1, 0.15) is 0 Å². The van der Waals surface area contributed by atoms with Crippen molar-refractivity contribution >= 4 is 33.8 Å². The lowest BCUT2D eigenvalue weighted by molar-refractivity contribution is -0.127. The smallest absolute Gasteiger partial charge is 0.319 e. The van der Waals surface area contributed by atoms with E-state index in [-0.39, 0.29) is 23.8 Å². The number of nitrogens with zero attached hydrogens (tertiary/aromatic N) is 2. The highest BCUT2D eigenvalue weighted by Gasteiger charge is 2.28. The van der Waals surface area contributed by atoms with Crippen LogP contribution < -0.4 is 10.9 Å². The van der Waals surface area contributed by atoms with Gasteiger partial charge in [0.05, 0.1) is 0 Å². The van der Waals surface area contributed by atoms with Crippen molar-refractivity contribution in [3.05, 3.63) is 34.3 Å². The third kappa shape index (κ3) is 4.70. The summed E-state index contributed by atoms with van der Waals surface area (Å²) in [6.45, 7) is 1.07. The van der Waals surface area contributed by atoms with Gasteiger partial charge >= 0.3 is 6.03 Å². The fourth-order valence-corrected chi connectivity index (χ4v) is 2.77. The summed E-state index contributed by atoms with van der Waals surface area (Å²) in [6.07, 6.45) is 1.17. The first-order valence-electron chi connectivity index (χ1n) is 7.70. The number of hydrazine groups is 1. The summed E-state index contributed by atoms with van der Waals surface area (Å²) in [6, 6.07) is 6.80. The zero-order chi connectivity index (χ0) is 17.7. The van der Waals surface area contributed by atoms with Gasteiger partial charge in [0, 0.05) is 43.1 Å². The molecule has 1 heterocycles. The molecule has 1 saturated heterocycles. The fraction of sp³-hybridized carbons (Fsp3) is 0.438. The summed E-state index contributed by atoms with van der Waals surface area (Å²) in [7, 11) is 3.41. The van der Waals surface area contributed by atoms with Gasteiger partial charge in [-0.3, -0.25) is 20.4 Å². The molecule has 0 aliphatic carbocycles. The van der Waals surface area contributed by atoms with Crippen molar-refractivity contribution in [2.75, 3.05) is 27.2 Å². The van der Waals surface area contributed by atoms with E-state index in [1.54, 1.807) is 43.3 Å². The monoisotopic (exact) mass is 396 g/mol. The molecule has 0 unspecified atom stereocenters. The number of hydrogen-bond donors (Lipinski definition) is 2. The van der Waals surface area contributed by atoms with E-state index >= 15 is 0 Å². The summed E-state index contributed by atoms with van der Waals surface area (Å²) in [5.74, 6) is -0.796. The maximum absolute atomic E-state index is 12.2. The number of rotatable bonds is 2. The molecule has 7 nitrogen and oxygen atoms in total. The van der Waals surface area contributed by atoms with Crippen LogP contribution in [-0.2, 0) is 4.79 Å². The predicted octanol–water partition coefficient (Wildman–Crippen LogP) is 1.60. The minimum atomic E-state index is -0.365. The van der Waals surface area contributed by atoms with Crippen molar-refractivity contribution in [2.24, 2.45) is 5.92 Å². The van der Waals surface area contributed by atoms with Gasteiger partial charge in [-0.1, -0.05) is 15.9 Å². The van der Waals surface area contributed by atoms with E-state index < -0.39 is 0 Å². The normalized spacial score (nSPS) is 14.9. The summed E-state index contributed by atoms with van der Waals surface area (Å²) in [5.41, 5.74) is 5.36. The van der Waals surface area contributed by atoms with E-state index in [1.165, 1.54) is 4.90 Å². The Kier molecular flexibility index (Phi) is 6.19. The molecule has 24 heavy (non-hydrogen) atoms. The highest BCUT2D eigenvalue weighted by molar-refractivity contribution is 9.10. The zero-order valence-corrected chi connectivity index (χ0v) is 15.3. The van der Waals surface area contributed by atoms with Gasteiger partial charge in [-0.2, -0.15) is 0 Å². The van der Waals surface area contributed by atoms with Gasteiger partial charge in [-0.15, -0.1) is 0 Å². The highest BCUT2D eigenvalue weighted by atomic mass is 79.9. The lowest BCUT2D eigenvalue weighted by Crippen LogP contribution is -2.49. The number of carbonyl (C=O) groups is 3. The highest BCUT2D eigenvalue weighted by Crippen LogP contribution is 2.18. The minimum Gasteiger partial charge on any atom is -0.331 e. The molecule has 1 fully saturated rings. The molecule has 0 radical (unpaired) electrons. The Morgan fingerprint density at radius 3 is 2.21 bits per heavy atom. The molecule has 1 aromatic rings. The Morgan fingerprint density at radius 1 is 1.08 bits per heavy atom. The average molecular weight is 397 g/mol. The van der Waals surface area contributed by atoms with Crippen molar-refractivity contribution in [2.45, 2.75) is 12.8 Å². The van der Waals surface area contributed by atoms with Crippen LogP contribution in [0.3, 0.4) is 0 Å². The van der Waals surface area contributed by atoms with Crippen LogP contribution >= 0.6 is 15.9 Å². The molecule has 0 bridgehead atoms. The summed E-state index contributed by atoms with van der Waals surface area (Å²) in [4.78, 5) is 39.2. The molecular weight excluding hydrogens is 376 g/mol. The molecule has 0 aromatic heterocycles. The second kappa shape index (κ2) is 8.14. The Balaban J connectivity index is 1.78. The van der Waals surface area contributed by atoms with Gasteiger partial charge in [0.15, 0.2) is 0 Å². The average Bonchev–Trinajstić information content (AvgIpc) is 2.59. The number of amides is 4. The van der Waals surface area contributed by atoms with Crippen molar-refractivity contribution in [3.8, 4) is 0 Å². The number of halogens is 1. The van der Waals surface area contributed by atoms with E-state index in [1.807, 2.05) is 0 Å². The lowest BCUT2D eigenvalue weighted by Gasteiger charge is -2.32. The summed E-state index contributed by atoms with van der Waals surface area (Å²) >= 11 is 3.30. The van der Waals surface area contributed by atoms with Crippen molar-refractivity contribution in [1.82, 2.24) is 20.7 Å². The van der Waals surface area contributed by atoms with E-state index in [0.29, 0.717) is 31.5 Å². The van der Waals surface area contributed by atoms with E-state index in [0.717, 1.165) is 4.47 Å². The van der Waals surface area contributed by atoms with Crippen LogP contribution in [0, 0.1) is 5.92 Å². The molecule has 2 rings (SSSR count). The lowest BCUT2D eigenvalue weighted by atomic mass is 9.96. The first-order chi connectivity index (χ1) is 11.4. The molecule has 1 aliphatic heterocycles. The minimum absolute atomic E-state index is 0.0441. The van der Waals surface area contributed by atoms with Gasteiger partial charge in [0.2, 0.25) is 5.91 Å². The molecular formula is C16H21BrN4O3. The van der Waals surface area contributed by atoms with Crippen molar-refractivity contribution < 1.29 is 14.4 Å². The van der Waals surface area contributed by atoms with E-state index in [4.69, 9.17) is 0 Å². The van der Waals surface area contributed by atoms with E-state index in [2.05, 4.69) is 26.8 Å². The first-order valence-corrected chi connectivity index (χ1v) is 8.49. The molecule has 1 aliphatic rings. The zero-order valence-electron chi connectivity index (χ0n) is 13.7. The molecule has 0 saturated carbocycles. The third-order valence-corrected chi connectivity index (χ3v) is 4.45. The third-order valence-electron chi connectivity index (χ3n) is 3.92. The predicted molar refractivity (Wildman–Crippen MR) is 93.1 cm³/mol. The molecule has 8 heteroatoms. The first kappa shape index (κ1) is 18.3. The molecule has 4 amide bonds. The SMILES string of the molecule is CN(C)C(=O)N1CCC(C(=O)NNC(=O)c2ccc(Br)cc2)CC1. The molecule has 0 atom stereocenters. The summed E-state index contributed by atoms with van der Waals surface area (Å²) < 4.78 is 0.877. The molecule has 130 valence electrons. The van der Waals surface area contributed by atoms with Crippen LogP contribution in [0.4, 0.5) is 4.79 Å². The number of likely N-dealkylation sites (tertiary alicyclic amines) is 1. The molecule has 1 aromatic carbocycles. The van der Waals surface area contributed by atoms with Crippen molar-refractivity contribution in [3.63, 3.8) is 0 Å².